The van der Waals surface area contributed by atoms with Crippen LogP contribution in [0.25, 0.3) is 0 Å². The third kappa shape index (κ3) is 4.63. The Kier molecular flexibility index (Phi) is 4.63. The van der Waals surface area contributed by atoms with E-state index in [0.717, 1.165) is 5.56 Å². The average molecular weight is 240 g/mol. The molecule has 0 bridgehead atoms. The first kappa shape index (κ1) is 13.2. The van der Waals surface area contributed by atoms with E-state index in [1.165, 1.54) is 19.1 Å². The van der Waals surface area contributed by atoms with Crippen LogP contribution in [0.15, 0.2) is 18.2 Å². The van der Waals surface area contributed by atoms with Crippen molar-refractivity contribution in [1.82, 2.24) is 0 Å². The molecule has 0 radical (unpaired) electrons. The Morgan fingerprint density at radius 2 is 2.00 bits per heavy atom. The van der Waals surface area contributed by atoms with E-state index in [4.69, 9.17) is 0 Å². The van der Waals surface area contributed by atoms with Crippen LogP contribution in [0.2, 0.25) is 0 Å². The zero-order valence-corrected chi connectivity index (χ0v) is 9.66. The van der Waals surface area contributed by atoms with Crippen molar-refractivity contribution >= 4 is 11.9 Å². The molecule has 0 aliphatic heterocycles. The lowest BCUT2D eigenvalue weighted by Crippen LogP contribution is -2.13. The van der Waals surface area contributed by atoms with Gasteiger partial charge in [0, 0.05) is 6.92 Å². The minimum Gasteiger partial charge on any atom is -0.428 e. The fourth-order valence-corrected chi connectivity index (χ4v) is 1.18. The molecule has 0 aliphatic rings. The summed E-state index contributed by atoms with van der Waals surface area (Å²) in [6.07, 6.45) is -0.187. The first-order chi connectivity index (χ1) is 7.99. The van der Waals surface area contributed by atoms with Gasteiger partial charge in [-0.3, -0.25) is 9.59 Å². The number of hydrogen-bond donors (Lipinski definition) is 0. The summed E-state index contributed by atoms with van der Waals surface area (Å²) in [5, 5.41) is 0. The maximum Gasteiger partial charge on any atom is 0.313 e. The number of carbonyl (C=O) groups is 2. The summed E-state index contributed by atoms with van der Waals surface area (Å²) in [7, 11) is 0. The molecule has 92 valence electrons. The van der Waals surface area contributed by atoms with E-state index in [1.54, 1.807) is 13.0 Å². The van der Waals surface area contributed by atoms with Crippen LogP contribution in [0.1, 0.15) is 18.1 Å². The molecular weight excluding hydrogens is 227 g/mol. The van der Waals surface area contributed by atoms with E-state index in [9.17, 15) is 14.0 Å². The Bertz CT molecular complexity index is 429. The van der Waals surface area contributed by atoms with Gasteiger partial charge in [-0.2, -0.15) is 0 Å². The molecule has 0 aromatic heterocycles. The Morgan fingerprint density at radius 1 is 1.29 bits per heavy atom. The number of rotatable bonds is 4. The molecule has 0 heterocycles. The lowest BCUT2D eigenvalue weighted by Gasteiger charge is -2.05. The van der Waals surface area contributed by atoms with Gasteiger partial charge in [-0.15, -0.1) is 0 Å². The Morgan fingerprint density at radius 3 is 2.59 bits per heavy atom. The van der Waals surface area contributed by atoms with Crippen molar-refractivity contribution < 1.29 is 23.5 Å². The SMILES string of the molecule is CC(=O)OCOC(=O)Cc1ccc(C)cc1F. The van der Waals surface area contributed by atoms with Crippen molar-refractivity contribution in [3.05, 3.63) is 35.1 Å². The molecule has 0 aliphatic carbocycles. The summed E-state index contributed by atoms with van der Waals surface area (Å²) in [4.78, 5) is 21.7. The maximum absolute atomic E-state index is 13.4. The predicted octanol–water partition coefficient (Wildman–Crippen LogP) is 1.74. The molecule has 0 unspecified atom stereocenters. The van der Waals surface area contributed by atoms with E-state index < -0.39 is 24.5 Å². The molecule has 0 amide bonds. The maximum atomic E-state index is 13.4. The quantitative estimate of drug-likeness (QED) is 0.594. The van der Waals surface area contributed by atoms with Gasteiger partial charge in [0.2, 0.25) is 6.79 Å². The summed E-state index contributed by atoms with van der Waals surface area (Å²) < 4.78 is 22.4. The second-order valence-corrected chi connectivity index (χ2v) is 3.54. The molecule has 0 atom stereocenters. The summed E-state index contributed by atoms with van der Waals surface area (Å²) in [6, 6.07) is 4.57. The van der Waals surface area contributed by atoms with Crippen molar-refractivity contribution in [2.75, 3.05) is 6.79 Å². The molecule has 0 saturated heterocycles. The van der Waals surface area contributed by atoms with Gasteiger partial charge in [0.1, 0.15) is 5.82 Å². The lowest BCUT2D eigenvalue weighted by atomic mass is 10.1. The average Bonchev–Trinajstić information content (AvgIpc) is 2.21. The standard InChI is InChI=1S/C12H13FO4/c1-8-3-4-10(11(13)5-8)6-12(15)17-7-16-9(2)14/h3-5H,6-7H2,1-2H3. The normalized spacial score (nSPS) is 9.82. The first-order valence-electron chi connectivity index (χ1n) is 5.03. The van der Waals surface area contributed by atoms with Crippen molar-refractivity contribution in [3.8, 4) is 0 Å². The molecule has 1 aromatic carbocycles. The minimum atomic E-state index is -0.644. The third-order valence-corrected chi connectivity index (χ3v) is 2.03. The summed E-state index contributed by atoms with van der Waals surface area (Å²) >= 11 is 0. The highest BCUT2D eigenvalue weighted by Crippen LogP contribution is 2.10. The Hall–Kier alpha value is -1.91. The summed E-state index contributed by atoms with van der Waals surface area (Å²) in [6.45, 7) is 2.51. The smallest absolute Gasteiger partial charge is 0.313 e. The highest BCUT2D eigenvalue weighted by Gasteiger charge is 2.09. The fraction of sp³-hybridized carbons (Fsp3) is 0.333. The van der Waals surface area contributed by atoms with Crippen molar-refractivity contribution in [2.45, 2.75) is 20.3 Å². The predicted molar refractivity (Wildman–Crippen MR) is 57.6 cm³/mol. The number of ether oxygens (including phenoxy) is 2. The van der Waals surface area contributed by atoms with Gasteiger partial charge in [-0.1, -0.05) is 12.1 Å². The molecule has 4 nitrogen and oxygen atoms in total. The molecule has 0 fully saturated rings. The highest BCUT2D eigenvalue weighted by atomic mass is 19.1. The molecule has 1 aromatic rings. The van der Waals surface area contributed by atoms with E-state index >= 15 is 0 Å². The topological polar surface area (TPSA) is 52.6 Å². The number of benzene rings is 1. The van der Waals surface area contributed by atoms with Gasteiger partial charge in [-0.05, 0) is 24.1 Å². The Labute approximate surface area is 98.3 Å². The zero-order chi connectivity index (χ0) is 12.8. The summed E-state index contributed by atoms with van der Waals surface area (Å²) in [5.41, 5.74) is 1.03. The molecule has 0 saturated carbocycles. The fourth-order valence-electron chi connectivity index (χ4n) is 1.18. The zero-order valence-electron chi connectivity index (χ0n) is 9.66. The molecule has 1 rings (SSSR count). The van der Waals surface area contributed by atoms with Crippen LogP contribution in [-0.4, -0.2) is 18.7 Å². The van der Waals surface area contributed by atoms with E-state index in [-0.39, 0.29) is 12.0 Å². The van der Waals surface area contributed by atoms with Gasteiger partial charge >= 0.3 is 11.9 Å². The van der Waals surface area contributed by atoms with Crippen LogP contribution in [0.4, 0.5) is 4.39 Å². The van der Waals surface area contributed by atoms with Gasteiger partial charge in [0.25, 0.3) is 0 Å². The van der Waals surface area contributed by atoms with Gasteiger partial charge in [-0.25, -0.2) is 4.39 Å². The van der Waals surface area contributed by atoms with Crippen LogP contribution in [-0.2, 0) is 25.5 Å². The largest absolute Gasteiger partial charge is 0.428 e. The molecule has 0 spiro atoms. The van der Waals surface area contributed by atoms with Gasteiger partial charge in [0.15, 0.2) is 0 Å². The minimum absolute atomic E-state index is 0.187. The Balaban J connectivity index is 2.48. The number of esters is 2. The molecule has 5 heteroatoms. The summed E-state index contributed by atoms with van der Waals surface area (Å²) in [5.74, 6) is -1.64. The van der Waals surface area contributed by atoms with Crippen LogP contribution in [0.3, 0.4) is 0 Å². The van der Waals surface area contributed by atoms with Crippen LogP contribution < -0.4 is 0 Å². The number of aryl methyl sites for hydroxylation is 1. The van der Waals surface area contributed by atoms with Gasteiger partial charge in [0.05, 0.1) is 6.42 Å². The van der Waals surface area contributed by atoms with Crippen molar-refractivity contribution in [2.24, 2.45) is 0 Å². The second-order valence-electron chi connectivity index (χ2n) is 3.54. The monoisotopic (exact) mass is 240 g/mol. The van der Waals surface area contributed by atoms with Crippen molar-refractivity contribution in [1.29, 1.82) is 0 Å². The first-order valence-corrected chi connectivity index (χ1v) is 5.03. The number of halogens is 1. The third-order valence-electron chi connectivity index (χ3n) is 2.03. The van der Waals surface area contributed by atoms with Crippen molar-refractivity contribution in [3.63, 3.8) is 0 Å². The lowest BCUT2D eigenvalue weighted by molar-refractivity contribution is -0.165. The van der Waals surface area contributed by atoms with Crippen LogP contribution in [0.5, 0.6) is 0 Å². The van der Waals surface area contributed by atoms with E-state index in [1.807, 2.05) is 0 Å². The number of carbonyl (C=O) groups excluding carboxylic acids is 2. The molecule has 0 N–H and O–H groups in total. The van der Waals surface area contributed by atoms with E-state index in [0.29, 0.717) is 0 Å². The van der Waals surface area contributed by atoms with E-state index in [2.05, 4.69) is 9.47 Å². The molecular formula is C12H13FO4. The second kappa shape index (κ2) is 5.98. The highest BCUT2D eigenvalue weighted by molar-refractivity contribution is 5.73. The number of hydrogen-bond acceptors (Lipinski definition) is 4. The van der Waals surface area contributed by atoms with Gasteiger partial charge < -0.3 is 9.47 Å². The molecule has 17 heavy (non-hydrogen) atoms. The van der Waals surface area contributed by atoms with Crippen LogP contribution in [0, 0.1) is 12.7 Å². The van der Waals surface area contributed by atoms with Crippen LogP contribution >= 0.6 is 0 Å².